The minimum absolute atomic E-state index is 0.203. The van der Waals surface area contributed by atoms with Crippen molar-refractivity contribution in [1.29, 1.82) is 0 Å². The van der Waals surface area contributed by atoms with Crippen LogP contribution in [0.3, 0.4) is 0 Å². The van der Waals surface area contributed by atoms with E-state index in [9.17, 15) is 4.79 Å². The monoisotopic (exact) mass is 284 g/mol. The number of hydrogen-bond acceptors (Lipinski definition) is 4. The molecule has 2 rings (SSSR count). The Kier molecular flexibility index (Phi) is 4.45. The predicted octanol–water partition coefficient (Wildman–Crippen LogP) is 2.58. The molecule has 1 heterocycles. The van der Waals surface area contributed by atoms with E-state index in [0.29, 0.717) is 18.1 Å². The molecule has 1 aliphatic heterocycles. The third-order valence-corrected chi connectivity index (χ3v) is 3.45. The number of carbonyl (C=O) groups is 1. The van der Waals surface area contributed by atoms with Crippen LogP contribution in [0.4, 0.5) is 0 Å². The summed E-state index contributed by atoms with van der Waals surface area (Å²) < 4.78 is 16.1. The van der Waals surface area contributed by atoms with E-state index in [1.165, 1.54) is 7.11 Å². The van der Waals surface area contributed by atoms with Gasteiger partial charge in [0, 0.05) is 11.4 Å². The summed E-state index contributed by atoms with van der Waals surface area (Å²) >= 11 is 6.12. The molecule has 2 unspecified atom stereocenters. The Hall–Kier alpha value is -1.10. The largest absolute Gasteiger partial charge is 0.469 e. The van der Waals surface area contributed by atoms with E-state index in [1.807, 2.05) is 31.2 Å². The number of esters is 1. The van der Waals surface area contributed by atoms with E-state index < -0.39 is 5.79 Å². The minimum atomic E-state index is -0.746. The highest BCUT2D eigenvalue weighted by Gasteiger charge is 2.38. The maximum absolute atomic E-state index is 11.2. The van der Waals surface area contributed by atoms with Gasteiger partial charge in [-0.25, -0.2) is 0 Å². The van der Waals surface area contributed by atoms with Gasteiger partial charge in [-0.2, -0.15) is 0 Å². The zero-order chi connectivity index (χ0) is 13.9. The van der Waals surface area contributed by atoms with Crippen LogP contribution < -0.4 is 0 Å². The van der Waals surface area contributed by atoms with Crippen molar-refractivity contribution in [1.82, 2.24) is 0 Å². The lowest BCUT2D eigenvalue weighted by Crippen LogP contribution is -2.30. The zero-order valence-corrected chi connectivity index (χ0v) is 11.8. The highest BCUT2D eigenvalue weighted by molar-refractivity contribution is 6.31. The molecule has 1 aliphatic rings. The second kappa shape index (κ2) is 5.90. The van der Waals surface area contributed by atoms with E-state index in [4.69, 9.17) is 21.1 Å². The van der Waals surface area contributed by atoms with E-state index in [1.54, 1.807) is 0 Å². The van der Waals surface area contributed by atoms with Crippen molar-refractivity contribution in [2.45, 2.75) is 31.7 Å². The van der Waals surface area contributed by atoms with Crippen molar-refractivity contribution in [2.24, 2.45) is 0 Å². The van der Waals surface area contributed by atoms with Crippen molar-refractivity contribution in [3.8, 4) is 0 Å². The van der Waals surface area contributed by atoms with Crippen LogP contribution in [0.2, 0.25) is 5.02 Å². The summed E-state index contributed by atoms with van der Waals surface area (Å²) in [6, 6.07) is 7.57. The predicted molar refractivity (Wildman–Crippen MR) is 71.0 cm³/mol. The Morgan fingerprint density at radius 2 is 2.26 bits per heavy atom. The molecule has 2 atom stereocenters. The van der Waals surface area contributed by atoms with Crippen LogP contribution in [0.25, 0.3) is 0 Å². The molecule has 0 aliphatic carbocycles. The van der Waals surface area contributed by atoms with Crippen molar-refractivity contribution in [3.63, 3.8) is 0 Å². The summed E-state index contributed by atoms with van der Waals surface area (Å²) in [6.07, 6.45) is 0.485. The van der Waals surface area contributed by atoms with E-state index in [0.717, 1.165) is 5.56 Å². The van der Waals surface area contributed by atoms with Gasteiger partial charge in [-0.15, -0.1) is 0 Å². The van der Waals surface area contributed by atoms with Gasteiger partial charge in [-0.05, 0) is 18.6 Å². The first kappa shape index (κ1) is 14.3. The summed E-state index contributed by atoms with van der Waals surface area (Å²) in [6.45, 7) is 2.24. The summed E-state index contributed by atoms with van der Waals surface area (Å²) in [5, 5.41) is 0.687. The Bertz CT molecular complexity index is 463. The fourth-order valence-electron chi connectivity index (χ4n) is 2.14. The van der Waals surface area contributed by atoms with Gasteiger partial charge in [0.2, 0.25) is 0 Å². The average molecular weight is 285 g/mol. The van der Waals surface area contributed by atoms with Gasteiger partial charge >= 0.3 is 5.97 Å². The molecule has 1 fully saturated rings. The van der Waals surface area contributed by atoms with Gasteiger partial charge in [0.05, 0.1) is 26.2 Å². The Morgan fingerprint density at radius 3 is 2.95 bits per heavy atom. The third kappa shape index (κ3) is 3.69. The fraction of sp³-hybridized carbons (Fsp3) is 0.500. The van der Waals surface area contributed by atoms with Crippen molar-refractivity contribution in [2.75, 3.05) is 13.7 Å². The summed E-state index contributed by atoms with van der Waals surface area (Å²) in [5.41, 5.74) is 0.963. The molecule has 0 spiro atoms. The smallest absolute Gasteiger partial charge is 0.308 e. The first-order valence-corrected chi connectivity index (χ1v) is 6.52. The van der Waals surface area contributed by atoms with Gasteiger partial charge in [0.1, 0.15) is 0 Å². The fourth-order valence-corrected chi connectivity index (χ4v) is 2.34. The lowest BCUT2D eigenvalue weighted by Gasteiger charge is -2.23. The van der Waals surface area contributed by atoms with Crippen LogP contribution in [-0.4, -0.2) is 31.6 Å². The number of hydrogen-bond donors (Lipinski definition) is 0. The minimum Gasteiger partial charge on any atom is -0.469 e. The maximum Gasteiger partial charge on any atom is 0.308 e. The Labute approximate surface area is 117 Å². The molecule has 0 amide bonds. The topological polar surface area (TPSA) is 44.8 Å². The summed E-state index contributed by atoms with van der Waals surface area (Å²) in [7, 11) is 1.36. The van der Waals surface area contributed by atoms with E-state index in [-0.39, 0.29) is 18.5 Å². The van der Waals surface area contributed by atoms with Crippen LogP contribution in [0.1, 0.15) is 18.9 Å². The molecule has 5 heteroatoms. The molecular weight excluding hydrogens is 268 g/mol. The number of ether oxygens (including phenoxy) is 3. The third-order valence-electron chi connectivity index (χ3n) is 3.08. The molecule has 19 heavy (non-hydrogen) atoms. The lowest BCUT2D eigenvalue weighted by molar-refractivity contribution is -0.159. The molecule has 0 saturated carbocycles. The standard InChI is InChI=1S/C14H17ClO4/c1-14(8-10-5-3-4-6-12(10)15)18-9-11(19-14)7-13(16)17-2/h3-6,11H,7-9H2,1-2H3. The number of methoxy groups -OCH3 is 1. The van der Waals surface area contributed by atoms with Crippen LogP contribution >= 0.6 is 11.6 Å². The summed E-state index contributed by atoms with van der Waals surface area (Å²) in [5.74, 6) is -1.04. The van der Waals surface area contributed by atoms with E-state index >= 15 is 0 Å². The number of benzene rings is 1. The molecule has 0 radical (unpaired) electrons. The number of carbonyl (C=O) groups excluding carboxylic acids is 1. The second-order valence-electron chi connectivity index (χ2n) is 4.73. The van der Waals surface area contributed by atoms with Gasteiger partial charge in [0.25, 0.3) is 0 Å². The molecule has 0 aromatic heterocycles. The summed E-state index contributed by atoms with van der Waals surface area (Å²) in [4.78, 5) is 11.2. The SMILES string of the molecule is COC(=O)CC1COC(C)(Cc2ccccc2Cl)O1. The van der Waals surface area contributed by atoms with Crippen LogP contribution in [0, 0.1) is 0 Å². The zero-order valence-electron chi connectivity index (χ0n) is 11.0. The highest BCUT2D eigenvalue weighted by atomic mass is 35.5. The second-order valence-corrected chi connectivity index (χ2v) is 5.14. The quantitative estimate of drug-likeness (QED) is 0.797. The van der Waals surface area contributed by atoms with Gasteiger partial charge < -0.3 is 14.2 Å². The van der Waals surface area contributed by atoms with Crippen molar-refractivity contribution in [3.05, 3.63) is 34.9 Å². The first-order valence-electron chi connectivity index (χ1n) is 6.14. The lowest BCUT2D eigenvalue weighted by atomic mass is 10.1. The van der Waals surface area contributed by atoms with Crippen molar-refractivity contribution >= 4 is 17.6 Å². The van der Waals surface area contributed by atoms with Crippen LogP contribution in [-0.2, 0) is 25.4 Å². The molecule has 0 bridgehead atoms. The Morgan fingerprint density at radius 1 is 1.53 bits per heavy atom. The average Bonchev–Trinajstić information content (AvgIpc) is 2.73. The highest BCUT2D eigenvalue weighted by Crippen LogP contribution is 2.30. The van der Waals surface area contributed by atoms with Crippen molar-refractivity contribution < 1.29 is 19.0 Å². The molecule has 1 saturated heterocycles. The van der Waals surface area contributed by atoms with E-state index in [2.05, 4.69) is 4.74 Å². The molecule has 1 aromatic rings. The number of halogens is 1. The van der Waals surface area contributed by atoms with Gasteiger partial charge in [-0.3, -0.25) is 4.79 Å². The molecule has 1 aromatic carbocycles. The number of rotatable bonds is 4. The van der Waals surface area contributed by atoms with Crippen LogP contribution in [0.15, 0.2) is 24.3 Å². The molecule has 104 valence electrons. The Balaban J connectivity index is 1.98. The first-order chi connectivity index (χ1) is 9.02. The van der Waals surface area contributed by atoms with Gasteiger partial charge in [0.15, 0.2) is 5.79 Å². The molecule has 4 nitrogen and oxygen atoms in total. The van der Waals surface area contributed by atoms with Crippen LogP contribution in [0.5, 0.6) is 0 Å². The van der Waals surface area contributed by atoms with Gasteiger partial charge in [-0.1, -0.05) is 29.8 Å². The normalized spacial score (nSPS) is 26.4. The molecule has 0 N–H and O–H groups in total. The molecular formula is C14H17ClO4. The maximum atomic E-state index is 11.2.